The van der Waals surface area contributed by atoms with Crippen molar-refractivity contribution >= 4 is 49.7 Å². The number of anilines is 1. The molecule has 1 saturated heterocycles. The standard InChI is InChI=1S/C24H29N5O3S2/c1-13-14(2)33-22-19(13)24(32)29(17(26-22)11-28-9-5-6-10-28)12-18(30)27-23-20(21(25)31)15-7-3-4-8-16(15)34-23/h3-12H2,1-2H3,(H2,25,31)(H,27,30). The topological polar surface area (TPSA) is 110 Å². The Labute approximate surface area is 205 Å². The van der Waals surface area contributed by atoms with Crippen molar-refractivity contribution in [2.75, 3.05) is 18.4 Å². The molecule has 0 saturated carbocycles. The molecule has 34 heavy (non-hydrogen) atoms. The number of rotatable bonds is 6. The van der Waals surface area contributed by atoms with E-state index in [1.807, 2.05) is 13.8 Å². The molecule has 2 aliphatic rings. The zero-order valence-electron chi connectivity index (χ0n) is 19.5. The van der Waals surface area contributed by atoms with Gasteiger partial charge in [-0.1, -0.05) is 0 Å². The predicted octanol–water partition coefficient (Wildman–Crippen LogP) is 3.35. The summed E-state index contributed by atoms with van der Waals surface area (Å²) < 4.78 is 1.51. The van der Waals surface area contributed by atoms with Crippen LogP contribution in [0.2, 0.25) is 0 Å². The molecule has 1 fully saturated rings. The third kappa shape index (κ3) is 4.18. The quantitative estimate of drug-likeness (QED) is 0.540. The lowest BCUT2D eigenvalue weighted by molar-refractivity contribution is -0.116. The number of amides is 2. The Hall–Kier alpha value is -2.56. The van der Waals surface area contributed by atoms with Crippen molar-refractivity contribution in [2.24, 2.45) is 5.73 Å². The number of aryl methyl sites for hydroxylation is 3. The first-order chi connectivity index (χ1) is 16.3. The summed E-state index contributed by atoms with van der Waals surface area (Å²) in [6.07, 6.45) is 6.03. The van der Waals surface area contributed by atoms with Crippen LogP contribution in [0, 0.1) is 13.8 Å². The van der Waals surface area contributed by atoms with E-state index in [2.05, 4.69) is 10.2 Å². The van der Waals surface area contributed by atoms with Crippen molar-refractivity contribution in [1.29, 1.82) is 0 Å². The van der Waals surface area contributed by atoms with Crippen LogP contribution in [-0.2, 0) is 30.7 Å². The fourth-order valence-corrected chi connectivity index (χ4v) is 7.37. The van der Waals surface area contributed by atoms with E-state index >= 15 is 0 Å². The van der Waals surface area contributed by atoms with Gasteiger partial charge in [-0.3, -0.25) is 23.9 Å². The van der Waals surface area contributed by atoms with E-state index in [4.69, 9.17) is 10.7 Å². The second-order valence-corrected chi connectivity index (χ2v) is 11.5. The number of carbonyl (C=O) groups excluding carboxylic acids is 2. The first-order valence-electron chi connectivity index (χ1n) is 11.8. The molecular weight excluding hydrogens is 470 g/mol. The minimum Gasteiger partial charge on any atom is -0.365 e. The van der Waals surface area contributed by atoms with Gasteiger partial charge in [0.25, 0.3) is 11.5 Å². The summed E-state index contributed by atoms with van der Waals surface area (Å²) in [4.78, 5) is 48.9. The van der Waals surface area contributed by atoms with Gasteiger partial charge < -0.3 is 11.1 Å². The molecule has 0 aromatic carbocycles. The summed E-state index contributed by atoms with van der Waals surface area (Å²) in [5.74, 6) is -0.262. The molecule has 3 aromatic heterocycles. The monoisotopic (exact) mass is 499 g/mol. The van der Waals surface area contributed by atoms with Crippen molar-refractivity contribution in [2.45, 2.75) is 65.5 Å². The summed E-state index contributed by atoms with van der Waals surface area (Å²) in [7, 11) is 0. The van der Waals surface area contributed by atoms with Gasteiger partial charge in [-0.05, 0) is 76.6 Å². The van der Waals surface area contributed by atoms with Gasteiger partial charge in [-0.15, -0.1) is 22.7 Å². The van der Waals surface area contributed by atoms with Crippen LogP contribution in [0.3, 0.4) is 0 Å². The Morgan fingerprint density at radius 3 is 2.56 bits per heavy atom. The molecule has 8 nitrogen and oxygen atoms in total. The van der Waals surface area contributed by atoms with Crippen LogP contribution in [0.4, 0.5) is 5.00 Å². The summed E-state index contributed by atoms with van der Waals surface area (Å²) in [6.45, 7) is 6.23. The van der Waals surface area contributed by atoms with Gasteiger partial charge in [0, 0.05) is 9.75 Å². The van der Waals surface area contributed by atoms with Crippen molar-refractivity contribution in [3.63, 3.8) is 0 Å². The van der Waals surface area contributed by atoms with E-state index in [9.17, 15) is 14.4 Å². The minimum atomic E-state index is -0.519. The maximum absolute atomic E-state index is 13.5. The van der Waals surface area contributed by atoms with Crippen LogP contribution >= 0.6 is 22.7 Å². The number of nitrogens with one attached hydrogen (secondary N) is 1. The Balaban J connectivity index is 1.49. The smallest absolute Gasteiger partial charge is 0.263 e. The van der Waals surface area contributed by atoms with Crippen LogP contribution < -0.4 is 16.6 Å². The van der Waals surface area contributed by atoms with E-state index in [-0.39, 0.29) is 18.0 Å². The lowest BCUT2D eigenvalue weighted by Crippen LogP contribution is -2.33. The van der Waals surface area contributed by atoms with Gasteiger partial charge in [0.15, 0.2) is 0 Å². The summed E-state index contributed by atoms with van der Waals surface area (Å²) >= 11 is 2.95. The Morgan fingerprint density at radius 1 is 1.09 bits per heavy atom. The van der Waals surface area contributed by atoms with Crippen LogP contribution in [0.15, 0.2) is 4.79 Å². The second kappa shape index (κ2) is 9.24. The highest BCUT2D eigenvalue weighted by atomic mass is 32.1. The second-order valence-electron chi connectivity index (χ2n) is 9.19. The van der Waals surface area contributed by atoms with E-state index in [1.54, 1.807) is 0 Å². The average Bonchev–Trinajstić information content (AvgIpc) is 3.49. The molecular formula is C24H29N5O3S2. The predicted molar refractivity (Wildman–Crippen MR) is 136 cm³/mol. The fraction of sp³-hybridized carbons (Fsp3) is 0.500. The number of carbonyl (C=O) groups is 2. The lowest BCUT2D eigenvalue weighted by Gasteiger charge is -2.18. The zero-order chi connectivity index (χ0) is 24.0. The summed E-state index contributed by atoms with van der Waals surface area (Å²) in [6, 6.07) is 0. The first kappa shape index (κ1) is 23.2. The fourth-order valence-electron chi connectivity index (χ4n) is 5.02. The van der Waals surface area contributed by atoms with Gasteiger partial charge in [0.1, 0.15) is 22.2 Å². The number of fused-ring (bicyclic) bond motifs is 2. The van der Waals surface area contributed by atoms with E-state index in [0.29, 0.717) is 28.3 Å². The molecule has 10 heteroatoms. The molecule has 3 aromatic rings. The Kier molecular flexibility index (Phi) is 6.30. The van der Waals surface area contributed by atoms with Crippen molar-refractivity contribution in [1.82, 2.24) is 14.5 Å². The number of nitrogens with two attached hydrogens (primary N) is 1. The number of hydrogen-bond acceptors (Lipinski definition) is 7. The van der Waals surface area contributed by atoms with Gasteiger partial charge in [0.05, 0.1) is 17.5 Å². The van der Waals surface area contributed by atoms with E-state index < -0.39 is 5.91 Å². The van der Waals surface area contributed by atoms with Gasteiger partial charge >= 0.3 is 0 Å². The minimum absolute atomic E-state index is 0.153. The molecule has 1 aliphatic heterocycles. The highest BCUT2D eigenvalue weighted by molar-refractivity contribution is 7.18. The van der Waals surface area contributed by atoms with Crippen LogP contribution in [0.1, 0.15) is 62.7 Å². The van der Waals surface area contributed by atoms with Crippen LogP contribution in [0.25, 0.3) is 10.2 Å². The molecule has 0 atom stereocenters. The number of hydrogen-bond donors (Lipinski definition) is 2. The Morgan fingerprint density at radius 2 is 1.82 bits per heavy atom. The number of thiophene rings is 2. The highest BCUT2D eigenvalue weighted by Crippen LogP contribution is 2.38. The third-order valence-electron chi connectivity index (χ3n) is 6.90. The van der Waals surface area contributed by atoms with Crippen LogP contribution in [-0.4, -0.2) is 39.4 Å². The molecule has 1 aliphatic carbocycles. The first-order valence-corrected chi connectivity index (χ1v) is 13.4. The molecule has 0 spiro atoms. The molecule has 0 radical (unpaired) electrons. The summed E-state index contributed by atoms with van der Waals surface area (Å²) in [5.41, 5.74) is 7.81. The molecule has 180 valence electrons. The van der Waals surface area contributed by atoms with Crippen LogP contribution in [0.5, 0.6) is 0 Å². The average molecular weight is 500 g/mol. The van der Waals surface area contributed by atoms with Gasteiger partial charge in [0.2, 0.25) is 5.91 Å². The molecule has 4 heterocycles. The lowest BCUT2D eigenvalue weighted by atomic mass is 9.95. The molecule has 2 amide bonds. The molecule has 0 bridgehead atoms. The van der Waals surface area contributed by atoms with Gasteiger partial charge in [-0.2, -0.15) is 0 Å². The maximum atomic E-state index is 13.5. The van der Waals surface area contributed by atoms with Crippen molar-refractivity contribution in [3.05, 3.63) is 42.6 Å². The van der Waals surface area contributed by atoms with Crippen molar-refractivity contribution in [3.8, 4) is 0 Å². The highest BCUT2D eigenvalue weighted by Gasteiger charge is 2.26. The summed E-state index contributed by atoms with van der Waals surface area (Å²) in [5, 5.41) is 3.98. The number of nitrogens with zero attached hydrogens (tertiary/aromatic N) is 3. The number of aromatic nitrogens is 2. The third-order valence-corrected chi connectivity index (χ3v) is 9.21. The number of primary amides is 1. The Bertz CT molecular complexity index is 1350. The molecule has 5 rings (SSSR count). The maximum Gasteiger partial charge on any atom is 0.263 e. The normalized spacial score (nSPS) is 16.2. The molecule has 0 unspecified atom stereocenters. The SMILES string of the molecule is Cc1sc2nc(CN3CCCC3)n(CC(=O)Nc3sc4c(c3C(N)=O)CCCC4)c(=O)c2c1C. The largest absolute Gasteiger partial charge is 0.365 e. The van der Waals surface area contributed by atoms with Crippen molar-refractivity contribution < 1.29 is 9.59 Å². The van der Waals surface area contributed by atoms with Gasteiger partial charge in [-0.25, -0.2) is 4.98 Å². The van der Waals surface area contributed by atoms with E-state index in [1.165, 1.54) is 27.2 Å². The van der Waals surface area contributed by atoms with E-state index in [0.717, 1.165) is 77.3 Å². The number of likely N-dealkylation sites (tertiary alicyclic amines) is 1. The molecule has 3 N–H and O–H groups in total. The zero-order valence-corrected chi connectivity index (χ0v) is 21.2.